The van der Waals surface area contributed by atoms with Crippen LogP contribution >= 0.6 is 0 Å². The van der Waals surface area contributed by atoms with Gasteiger partial charge in [-0.15, -0.1) is 0 Å². The molecule has 0 aromatic heterocycles. The van der Waals surface area contributed by atoms with Crippen LogP contribution in [0.5, 0.6) is 0 Å². The van der Waals surface area contributed by atoms with E-state index >= 15 is 0 Å². The lowest BCUT2D eigenvalue weighted by atomic mass is 9.96. The summed E-state index contributed by atoms with van der Waals surface area (Å²) in [6, 6.07) is 6.82. The normalized spacial score (nSPS) is 10.8. The maximum absolute atomic E-state index is 12.8. The zero-order valence-corrected chi connectivity index (χ0v) is 8.31. The fourth-order valence-electron chi connectivity index (χ4n) is 1.34. The van der Waals surface area contributed by atoms with Crippen LogP contribution in [0.1, 0.15) is 38.7 Å². The molecule has 0 heterocycles. The Bertz CT molecular complexity index is 255. The van der Waals surface area contributed by atoms with Gasteiger partial charge in [0.1, 0.15) is 5.82 Å². The molecule has 0 saturated heterocycles. The van der Waals surface area contributed by atoms with Crippen LogP contribution in [0.25, 0.3) is 0 Å². The third-order valence-electron chi connectivity index (χ3n) is 2.22. The fraction of sp³-hybridized carbons (Fsp3) is 0.417. The van der Waals surface area contributed by atoms with E-state index < -0.39 is 0 Å². The van der Waals surface area contributed by atoms with Gasteiger partial charge in [0.15, 0.2) is 0 Å². The topological polar surface area (TPSA) is 0 Å². The number of hydrogen-bond acceptors (Lipinski definition) is 0. The molecule has 1 aromatic carbocycles. The first-order chi connectivity index (χ1) is 6.24. The molecular weight excluding hydrogens is 163 g/mol. The van der Waals surface area contributed by atoms with Crippen LogP contribution in [0, 0.1) is 11.7 Å². The Morgan fingerprint density at radius 1 is 1.38 bits per heavy atom. The maximum atomic E-state index is 12.8. The van der Waals surface area contributed by atoms with Gasteiger partial charge in [0.25, 0.3) is 0 Å². The summed E-state index contributed by atoms with van der Waals surface area (Å²) in [6.07, 6.45) is 3.44. The Labute approximate surface area is 79.8 Å². The predicted molar refractivity (Wildman–Crippen MR) is 53.9 cm³/mol. The molecule has 1 aromatic rings. The van der Waals surface area contributed by atoms with Crippen molar-refractivity contribution in [3.8, 4) is 0 Å². The first-order valence-corrected chi connectivity index (χ1v) is 4.82. The van der Waals surface area contributed by atoms with Crippen LogP contribution in [-0.4, -0.2) is 0 Å². The molecule has 0 bridgehead atoms. The van der Waals surface area contributed by atoms with Gasteiger partial charge >= 0.3 is 0 Å². The van der Waals surface area contributed by atoms with Gasteiger partial charge in [-0.3, -0.25) is 0 Å². The molecule has 0 fully saturated rings. The van der Waals surface area contributed by atoms with Crippen LogP contribution in [0.3, 0.4) is 0 Å². The monoisotopic (exact) mass is 179 g/mol. The third-order valence-corrected chi connectivity index (χ3v) is 2.22. The summed E-state index contributed by atoms with van der Waals surface area (Å²) in [5, 5.41) is 0. The first-order valence-electron chi connectivity index (χ1n) is 4.82. The summed E-state index contributed by atoms with van der Waals surface area (Å²) in [5.41, 5.74) is 1.04. The smallest absolute Gasteiger partial charge is 0.123 e. The molecule has 0 N–H and O–H groups in total. The summed E-state index contributed by atoms with van der Waals surface area (Å²) in [4.78, 5) is 0. The molecule has 1 rings (SSSR count). The van der Waals surface area contributed by atoms with Crippen molar-refractivity contribution in [3.63, 3.8) is 0 Å². The Morgan fingerprint density at radius 2 is 2.15 bits per heavy atom. The Balaban J connectivity index is 2.60. The standard InChI is InChI=1S/C12H16F/c1-3-4-6-10(2)11-7-5-8-12(13)9-11/h5,7-9H,3-4,6H2,1-2H3. The summed E-state index contributed by atoms with van der Waals surface area (Å²) in [5.74, 6) is 1.13. The average molecular weight is 179 g/mol. The molecule has 0 aliphatic rings. The molecule has 13 heavy (non-hydrogen) atoms. The molecule has 0 amide bonds. The quantitative estimate of drug-likeness (QED) is 0.656. The number of hydrogen-bond donors (Lipinski definition) is 0. The van der Waals surface area contributed by atoms with E-state index in [1.807, 2.05) is 6.07 Å². The summed E-state index contributed by atoms with van der Waals surface area (Å²) < 4.78 is 12.8. The van der Waals surface area contributed by atoms with Crippen LogP contribution in [-0.2, 0) is 0 Å². The molecule has 0 aliphatic heterocycles. The lowest BCUT2D eigenvalue weighted by Crippen LogP contribution is -1.94. The van der Waals surface area contributed by atoms with Gasteiger partial charge in [-0.25, -0.2) is 4.39 Å². The minimum absolute atomic E-state index is 0.145. The summed E-state index contributed by atoms with van der Waals surface area (Å²) in [6.45, 7) is 4.24. The van der Waals surface area contributed by atoms with Crippen LogP contribution in [0.15, 0.2) is 24.3 Å². The van der Waals surface area contributed by atoms with Crippen molar-refractivity contribution in [2.45, 2.75) is 33.1 Å². The Hall–Kier alpha value is -0.850. The lowest BCUT2D eigenvalue weighted by molar-refractivity contribution is 0.625. The van der Waals surface area contributed by atoms with Crippen molar-refractivity contribution < 1.29 is 4.39 Å². The van der Waals surface area contributed by atoms with Crippen LogP contribution in [0.2, 0.25) is 0 Å². The zero-order valence-electron chi connectivity index (χ0n) is 8.31. The van der Waals surface area contributed by atoms with Gasteiger partial charge in [-0.2, -0.15) is 0 Å². The van der Waals surface area contributed by atoms with Crippen molar-refractivity contribution >= 4 is 0 Å². The molecule has 0 spiro atoms. The second-order valence-electron chi connectivity index (χ2n) is 3.39. The van der Waals surface area contributed by atoms with Gasteiger partial charge in [-0.1, -0.05) is 38.8 Å². The van der Waals surface area contributed by atoms with Crippen molar-refractivity contribution in [1.82, 2.24) is 0 Å². The van der Waals surface area contributed by atoms with Crippen molar-refractivity contribution in [2.75, 3.05) is 0 Å². The zero-order chi connectivity index (χ0) is 9.68. The molecule has 1 heteroatoms. The van der Waals surface area contributed by atoms with Crippen LogP contribution < -0.4 is 0 Å². The van der Waals surface area contributed by atoms with E-state index in [1.54, 1.807) is 12.1 Å². The van der Waals surface area contributed by atoms with E-state index in [2.05, 4.69) is 13.8 Å². The number of benzene rings is 1. The SMILES string of the molecule is CCCC[C](C)c1cccc(F)c1. The summed E-state index contributed by atoms with van der Waals surface area (Å²) in [7, 11) is 0. The highest BCUT2D eigenvalue weighted by atomic mass is 19.1. The largest absolute Gasteiger partial charge is 0.207 e. The summed E-state index contributed by atoms with van der Waals surface area (Å²) >= 11 is 0. The van der Waals surface area contributed by atoms with Gasteiger partial charge in [0.2, 0.25) is 0 Å². The highest BCUT2D eigenvalue weighted by molar-refractivity contribution is 5.29. The first kappa shape index (κ1) is 10.2. The molecule has 0 atom stereocenters. The molecule has 71 valence electrons. The molecule has 1 radical (unpaired) electrons. The van der Waals surface area contributed by atoms with E-state index in [1.165, 1.54) is 24.8 Å². The average Bonchev–Trinajstić information content (AvgIpc) is 2.14. The van der Waals surface area contributed by atoms with Crippen LogP contribution in [0.4, 0.5) is 4.39 Å². The molecule has 0 saturated carbocycles. The van der Waals surface area contributed by atoms with Crippen molar-refractivity contribution in [3.05, 3.63) is 41.6 Å². The highest BCUT2D eigenvalue weighted by Crippen LogP contribution is 2.20. The predicted octanol–water partition coefficient (Wildman–Crippen LogP) is 3.96. The molecular formula is C12H16F. The van der Waals surface area contributed by atoms with Gasteiger partial charge in [-0.05, 0) is 24.1 Å². The van der Waals surface area contributed by atoms with Crippen molar-refractivity contribution in [2.24, 2.45) is 0 Å². The number of unbranched alkanes of at least 4 members (excludes halogenated alkanes) is 1. The van der Waals surface area contributed by atoms with E-state index in [9.17, 15) is 4.39 Å². The van der Waals surface area contributed by atoms with Gasteiger partial charge in [0, 0.05) is 5.92 Å². The second-order valence-corrected chi connectivity index (χ2v) is 3.39. The van der Waals surface area contributed by atoms with Gasteiger partial charge in [0.05, 0.1) is 0 Å². The highest BCUT2D eigenvalue weighted by Gasteiger charge is 2.05. The lowest BCUT2D eigenvalue weighted by Gasteiger charge is -2.09. The second kappa shape index (κ2) is 5.00. The van der Waals surface area contributed by atoms with E-state index in [0.717, 1.165) is 12.0 Å². The van der Waals surface area contributed by atoms with Gasteiger partial charge < -0.3 is 0 Å². The molecule has 0 nitrogen and oxygen atoms in total. The van der Waals surface area contributed by atoms with E-state index in [-0.39, 0.29) is 5.82 Å². The Morgan fingerprint density at radius 3 is 2.77 bits per heavy atom. The Kier molecular flexibility index (Phi) is 3.94. The number of halogens is 1. The van der Waals surface area contributed by atoms with E-state index in [0.29, 0.717) is 0 Å². The minimum Gasteiger partial charge on any atom is -0.207 e. The number of rotatable bonds is 4. The minimum atomic E-state index is -0.145. The molecule has 0 unspecified atom stereocenters. The van der Waals surface area contributed by atoms with E-state index in [4.69, 9.17) is 0 Å². The third kappa shape index (κ3) is 3.17. The van der Waals surface area contributed by atoms with Crippen molar-refractivity contribution in [1.29, 1.82) is 0 Å². The molecule has 0 aliphatic carbocycles. The fourth-order valence-corrected chi connectivity index (χ4v) is 1.34. The maximum Gasteiger partial charge on any atom is 0.123 e.